The minimum atomic E-state index is -0.298. The molecule has 1 unspecified atom stereocenters. The van der Waals surface area contributed by atoms with Crippen molar-refractivity contribution in [3.63, 3.8) is 0 Å². The van der Waals surface area contributed by atoms with Crippen LogP contribution in [0.5, 0.6) is 0 Å². The molecule has 16 heavy (non-hydrogen) atoms. The van der Waals surface area contributed by atoms with Crippen molar-refractivity contribution < 1.29 is 9.59 Å². The summed E-state index contributed by atoms with van der Waals surface area (Å²) in [5, 5.41) is 5.59. The van der Waals surface area contributed by atoms with Crippen LogP contribution in [0, 0.1) is 0 Å². The molecule has 0 aromatic heterocycles. The molecule has 0 fully saturated rings. The number of hydrogen-bond acceptors (Lipinski definition) is 3. The molecule has 0 spiro atoms. The average Bonchev–Trinajstić information content (AvgIpc) is 2.28. The maximum absolute atomic E-state index is 11.3. The van der Waals surface area contributed by atoms with Crippen LogP contribution in [0.3, 0.4) is 0 Å². The summed E-state index contributed by atoms with van der Waals surface area (Å²) < 4.78 is 0. The summed E-state index contributed by atoms with van der Waals surface area (Å²) >= 11 is 0. The minimum absolute atomic E-state index is 0.0332. The lowest BCUT2D eigenvalue weighted by Gasteiger charge is -2.13. The van der Waals surface area contributed by atoms with Crippen LogP contribution in [-0.4, -0.2) is 24.8 Å². The van der Waals surface area contributed by atoms with Crippen LogP contribution in [0.1, 0.15) is 24.2 Å². The van der Waals surface area contributed by atoms with Crippen molar-refractivity contribution in [1.29, 1.82) is 0 Å². The van der Waals surface area contributed by atoms with E-state index in [-0.39, 0.29) is 17.7 Å². The van der Waals surface area contributed by atoms with Crippen LogP contribution >= 0.6 is 0 Å². The Bertz CT molecular complexity index is 385. The summed E-state index contributed by atoms with van der Waals surface area (Å²) in [6.45, 7) is 3.30. The molecule has 0 aliphatic carbocycles. The molecule has 4 heteroatoms. The maximum atomic E-state index is 11.3. The number of hydrogen-bond donors (Lipinski definition) is 2. The summed E-state index contributed by atoms with van der Waals surface area (Å²) in [6, 6.07) is 6.75. The van der Waals surface area contributed by atoms with Gasteiger partial charge < -0.3 is 10.6 Å². The SMILES string of the molecule is CNC(=O)C(C)Nc1ccc(C(C)=O)cc1. The van der Waals surface area contributed by atoms with Crippen LogP contribution < -0.4 is 10.6 Å². The smallest absolute Gasteiger partial charge is 0.241 e. The zero-order valence-electron chi connectivity index (χ0n) is 9.70. The molecule has 86 valence electrons. The standard InChI is InChI=1S/C12H16N2O2/c1-8(12(16)13-3)14-11-6-4-10(5-7-11)9(2)15/h4-8,14H,1-3H3,(H,13,16). The van der Waals surface area contributed by atoms with Gasteiger partial charge in [0.25, 0.3) is 0 Å². The van der Waals surface area contributed by atoms with E-state index in [9.17, 15) is 9.59 Å². The fourth-order valence-electron chi connectivity index (χ4n) is 1.33. The second-order valence-corrected chi connectivity index (χ2v) is 3.61. The Morgan fingerprint density at radius 1 is 1.19 bits per heavy atom. The molecule has 1 amide bonds. The largest absolute Gasteiger partial charge is 0.374 e. The van der Waals surface area contributed by atoms with Gasteiger partial charge >= 0.3 is 0 Å². The van der Waals surface area contributed by atoms with Crippen molar-refractivity contribution in [3.8, 4) is 0 Å². The number of ketones is 1. The van der Waals surface area contributed by atoms with Gasteiger partial charge in [0, 0.05) is 18.3 Å². The molecule has 1 aromatic carbocycles. The van der Waals surface area contributed by atoms with Gasteiger partial charge in [-0.05, 0) is 38.1 Å². The van der Waals surface area contributed by atoms with E-state index in [1.165, 1.54) is 6.92 Å². The molecule has 1 aromatic rings. The van der Waals surface area contributed by atoms with Crippen molar-refractivity contribution in [2.24, 2.45) is 0 Å². The Kier molecular flexibility index (Phi) is 4.05. The van der Waals surface area contributed by atoms with E-state index in [0.717, 1.165) is 5.69 Å². The molecule has 0 heterocycles. The molecule has 1 atom stereocenters. The van der Waals surface area contributed by atoms with Gasteiger partial charge in [-0.2, -0.15) is 0 Å². The highest BCUT2D eigenvalue weighted by atomic mass is 16.2. The molecule has 0 aliphatic heterocycles. The Morgan fingerprint density at radius 3 is 2.19 bits per heavy atom. The Morgan fingerprint density at radius 2 is 1.75 bits per heavy atom. The van der Waals surface area contributed by atoms with Crippen molar-refractivity contribution in [1.82, 2.24) is 5.32 Å². The average molecular weight is 220 g/mol. The molecule has 2 N–H and O–H groups in total. The summed E-state index contributed by atoms with van der Waals surface area (Å²) in [5.74, 6) is -0.0402. The topological polar surface area (TPSA) is 58.2 Å². The molecular weight excluding hydrogens is 204 g/mol. The van der Waals surface area contributed by atoms with E-state index in [1.807, 2.05) is 0 Å². The minimum Gasteiger partial charge on any atom is -0.374 e. The van der Waals surface area contributed by atoms with Gasteiger partial charge in [0.15, 0.2) is 5.78 Å². The van der Waals surface area contributed by atoms with Gasteiger partial charge in [-0.15, -0.1) is 0 Å². The lowest BCUT2D eigenvalue weighted by Crippen LogP contribution is -2.35. The first-order chi connectivity index (χ1) is 7.54. The van der Waals surface area contributed by atoms with E-state index in [4.69, 9.17) is 0 Å². The molecule has 0 radical (unpaired) electrons. The van der Waals surface area contributed by atoms with Gasteiger partial charge in [-0.25, -0.2) is 0 Å². The van der Waals surface area contributed by atoms with Crippen LogP contribution in [0.15, 0.2) is 24.3 Å². The number of nitrogens with one attached hydrogen (secondary N) is 2. The van der Waals surface area contributed by atoms with Crippen LogP contribution in [0.4, 0.5) is 5.69 Å². The number of carbonyl (C=O) groups excluding carboxylic acids is 2. The molecular formula is C12H16N2O2. The highest BCUT2D eigenvalue weighted by molar-refractivity contribution is 5.94. The Labute approximate surface area is 95.0 Å². The predicted molar refractivity (Wildman–Crippen MR) is 63.6 cm³/mol. The molecule has 0 bridgehead atoms. The van der Waals surface area contributed by atoms with Crippen molar-refractivity contribution in [2.45, 2.75) is 19.9 Å². The highest BCUT2D eigenvalue weighted by Crippen LogP contribution is 2.11. The number of carbonyl (C=O) groups is 2. The maximum Gasteiger partial charge on any atom is 0.241 e. The number of Topliss-reactive ketones (excluding diaryl/α,β-unsaturated/α-hetero) is 1. The molecule has 0 aliphatic rings. The second-order valence-electron chi connectivity index (χ2n) is 3.61. The van der Waals surface area contributed by atoms with Crippen LogP contribution in [-0.2, 0) is 4.79 Å². The fraction of sp³-hybridized carbons (Fsp3) is 0.333. The zero-order chi connectivity index (χ0) is 12.1. The molecule has 0 saturated heterocycles. The first-order valence-corrected chi connectivity index (χ1v) is 5.13. The predicted octanol–water partition coefficient (Wildman–Crippen LogP) is 1.44. The second kappa shape index (κ2) is 5.30. The quantitative estimate of drug-likeness (QED) is 0.755. The normalized spacial score (nSPS) is 11.7. The third-order valence-electron chi connectivity index (χ3n) is 2.31. The van der Waals surface area contributed by atoms with E-state index in [1.54, 1.807) is 38.2 Å². The number of amides is 1. The summed E-state index contributed by atoms with van der Waals surface area (Å²) in [4.78, 5) is 22.3. The first kappa shape index (κ1) is 12.2. The van der Waals surface area contributed by atoms with Gasteiger partial charge in [-0.3, -0.25) is 9.59 Å². The monoisotopic (exact) mass is 220 g/mol. The van der Waals surface area contributed by atoms with Crippen LogP contribution in [0.25, 0.3) is 0 Å². The Balaban J connectivity index is 2.68. The van der Waals surface area contributed by atoms with Gasteiger partial charge in [0.1, 0.15) is 6.04 Å². The van der Waals surface area contributed by atoms with Crippen molar-refractivity contribution in [2.75, 3.05) is 12.4 Å². The van der Waals surface area contributed by atoms with E-state index >= 15 is 0 Å². The van der Waals surface area contributed by atoms with E-state index < -0.39 is 0 Å². The van der Waals surface area contributed by atoms with Crippen molar-refractivity contribution >= 4 is 17.4 Å². The summed E-state index contributed by atoms with van der Waals surface area (Å²) in [6.07, 6.45) is 0. The van der Waals surface area contributed by atoms with Gasteiger partial charge in [0.2, 0.25) is 5.91 Å². The number of anilines is 1. The van der Waals surface area contributed by atoms with E-state index in [2.05, 4.69) is 10.6 Å². The van der Waals surface area contributed by atoms with Gasteiger partial charge in [-0.1, -0.05) is 0 Å². The van der Waals surface area contributed by atoms with Crippen molar-refractivity contribution in [3.05, 3.63) is 29.8 Å². The third-order valence-corrected chi connectivity index (χ3v) is 2.31. The highest BCUT2D eigenvalue weighted by Gasteiger charge is 2.09. The summed E-state index contributed by atoms with van der Waals surface area (Å²) in [5.41, 5.74) is 1.49. The number of benzene rings is 1. The Hall–Kier alpha value is -1.84. The number of likely N-dealkylation sites (N-methyl/N-ethyl adjacent to an activating group) is 1. The number of rotatable bonds is 4. The zero-order valence-corrected chi connectivity index (χ0v) is 9.70. The van der Waals surface area contributed by atoms with Gasteiger partial charge in [0.05, 0.1) is 0 Å². The molecule has 1 rings (SSSR count). The third kappa shape index (κ3) is 3.08. The molecule has 4 nitrogen and oxygen atoms in total. The molecule has 0 saturated carbocycles. The first-order valence-electron chi connectivity index (χ1n) is 5.13. The lowest BCUT2D eigenvalue weighted by molar-refractivity contribution is -0.121. The lowest BCUT2D eigenvalue weighted by atomic mass is 10.1. The van der Waals surface area contributed by atoms with E-state index in [0.29, 0.717) is 5.56 Å². The fourth-order valence-corrected chi connectivity index (χ4v) is 1.33. The van der Waals surface area contributed by atoms with Crippen LogP contribution in [0.2, 0.25) is 0 Å². The summed E-state index contributed by atoms with van der Waals surface area (Å²) in [7, 11) is 1.60.